The number of carbonyl (C=O) groups excluding carboxylic acids is 1. The average molecular weight is 319 g/mol. The zero-order chi connectivity index (χ0) is 17.3. The number of rotatable bonds is 2. The topological polar surface area (TPSA) is 31.2 Å². The summed E-state index contributed by atoms with van der Waals surface area (Å²) in [5, 5.41) is 0.982. The van der Waals surface area contributed by atoms with Crippen molar-refractivity contribution in [3.63, 3.8) is 0 Å². The number of nitrogens with zero attached hydrogens (tertiary/aromatic N) is 1. The lowest BCUT2D eigenvalue weighted by Crippen LogP contribution is -2.27. The van der Waals surface area contributed by atoms with Crippen molar-refractivity contribution in [3.05, 3.63) is 78.5 Å². The van der Waals surface area contributed by atoms with E-state index in [1.807, 2.05) is 81.4 Å². The fourth-order valence-electron chi connectivity index (χ4n) is 2.67. The Morgan fingerprint density at radius 1 is 1.00 bits per heavy atom. The van der Waals surface area contributed by atoms with Crippen LogP contribution in [-0.2, 0) is 4.74 Å². The Balaban J connectivity index is 2.15. The molecule has 0 saturated heterocycles. The van der Waals surface area contributed by atoms with E-state index < -0.39 is 11.7 Å². The molecule has 1 aromatic heterocycles. The predicted molar refractivity (Wildman–Crippen MR) is 98.1 cm³/mol. The van der Waals surface area contributed by atoms with Gasteiger partial charge in [-0.05, 0) is 44.0 Å². The SMILES string of the molecule is C=C(c1ccccc1)c1cc2ccccc2n1C(=O)OC(C)(C)C. The monoisotopic (exact) mass is 319 g/mol. The first kappa shape index (κ1) is 16.1. The Morgan fingerprint density at radius 2 is 1.62 bits per heavy atom. The van der Waals surface area contributed by atoms with Gasteiger partial charge in [-0.3, -0.25) is 0 Å². The number of fused-ring (bicyclic) bond motifs is 1. The maximum absolute atomic E-state index is 12.8. The molecule has 0 amide bonds. The van der Waals surface area contributed by atoms with E-state index in [2.05, 4.69) is 6.58 Å². The average Bonchev–Trinajstić information content (AvgIpc) is 2.93. The molecule has 0 radical (unpaired) electrons. The molecule has 0 saturated carbocycles. The molecule has 0 atom stereocenters. The standard InChI is InChI=1S/C21H21NO2/c1-15(16-10-6-5-7-11-16)19-14-17-12-8-9-13-18(17)22(19)20(23)24-21(2,3)4/h5-14H,1H2,2-4H3. The van der Waals surface area contributed by atoms with Crippen molar-refractivity contribution in [2.24, 2.45) is 0 Å². The fraction of sp³-hybridized carbons (Fsp3) is 0.190. The zero-order valence-electron chi connectivity index (χ0n) is 14.2. The maximum Gasteiger partial charge on any atom is 0.419 e. The van der Waals surface area contributed by atoms with Crippen LogP contribution >= 0.6 is 0 Å². The van der Waals surface area contributed by atoms with Gasteiger partial charge in [0, 0.05) is 5.39 Å². The number of para-hydroxylation sites is 1. The van der Waals surface area contributed by atoms with Crippen LogP contribution in [0.25, 0.3) is 16.5 Å². The van der Waals surface area contributed by atoms with Crippen molar-refractivity contribution in [2.45, 2.75) is 26.4 Å². The van der Waals surface area contributed by atoms with Crippen LogP contribution in [0.1, 0.15) is 32.0 Å². The van der Waals surface area contributed by atoms with Gasteiger partial charge in [0.15, 0.2) is 0 Å². The Bertz CT molecular complexity index is 898. The third-order valence-corrected chi connectivity index (χ3v) is 3.72. The number of benzene rings is 2. The molecule has 2 aromatic carbocycles. The maximum atomic E-state index is 12.8. The van der Waals surface area contributed by atoms with Crippen molar-refractivity contribution in [3.8, 4) is 0 Å². The molecule has 3 heteroatoms. The van der Waals surface area contributed by atoms with Crippen LogP contribution < -0.4 is 0 Å². The number of carbonyl (C=O) groups is 1. The molecular formula is C21H21NO2. The summed E-state index contributed by atoms with van der Waals surface area (Å²) in [5.74, 6) is 0. The van der Waals surface area contributed by atoms with Crippen molar-refractivity contribution < 1.29 is 9.53 Å². The lowest BCUT2D eigenvalue weighted by Gasteiger charge is -2.21. The summed E-state index contributed by atoms with van der Waals surface area (Å²) < 4.78 is 7.21. The molecule has 0 N–H and O–H groups in total. The smallest absolute Gasteiger partial charge is 0.419 e. The summed E-state index contributed by atoms with van der Waals surface area (Å²) in [6.45, 7) is 9.79. The first-order chi connectivity index (χ1) is 11.4. The highest BCUT2D eigenvalue weighted by atomic mass is 16.6. The van der Waals surface area contributed by atoms with Crippen LogP contribution in [0, 0.1) is 0 Å². The molecule has 122 valence electrons. The minimum atomic E-state index is -0.562. The third kappa shape index (κ3) is 3.11. The number of aromatic nitrogens is 1. The van der Waals surface area contributed by atoms with E-state index in [1.165, 1.54) is 0 Å². The fourth-order valence-corrected chi connectivity index (χ4v) is 2.67. The van der Waals surface area contributed by atoms with Crippen LogP contribution in [0.3, 0.4) is 0 Å². The summed E-state index contributed by atoms with van der Waals surface area (Å²) in [4.78, 5) is 12.8. The molecule has 0 aliphatic carbocycles. The van der Waals surface area contributed by atoms with Gasteiger partial charge in [-0.1, -0.05) is 55.1 Å². The van der Waals surface area contributed by atoms with E-state index in [0.717, 1.165) is 27.7 Å². The molecule has 3 aromatic rings. The molecule has 3 nitrogen and oxygen atoms in total. The summed E-state index contributed by atoms with van der Waals surface area (Å²) >= 11 is 0. The van der Waals surface area contributed by atoms with Gasteiger partial charge >= 0.3 is 6.09 Å². The number of hydrogen-bond acceptors (Lipinski definition) is 2. The summed E-state index contributed by atoms with van der Waals surface area (Å²) in [6.07, 6.45) is -0.393. The normalized spacial score (nSPS) is 11.5. The Labute approximate surface area is 142 Å². The van der Waals surface area contributed by atoms with Crippen molar-refractivity contribution in [2.75, 3.05) is 0 Å². The quantitative estimate of drug-likeness (QED) is 0.625. The number of hydrogen-bond donors (Lipinski definition) is 0. The van der Waals surface area contributed by atoms with Gasteiger partial charge in [0.1, 0.15) is 5.60 Å². The van der Waals surface area contributed by atoms with Gasteiger partial charge in [-0.15, -0.1) is 0 Å². The summed E-state index contributed by atoms with van der Waals surface area (Å²) in [5.41, 5.74) is 2.77. The third-order valence-electron chi connectivity index (χ3n) is 3.72. The van der Waals surface area contributed by atoms with E-state index in [1.54, 1.807) is 4.57 Å². The first-order valence-corrected chi connectivity index (χ1v) is 7.95. The minimum Gasteiger partial charge on any atom is -0.443 e. The molecule has 3 rings (SSSR count). The van der Waals surface area contributed by atoms with Gasteiger partial charge in [0.05, 0.1) is 11.2 Å². The zero-order valence-corrected chi connectivity index (χ0v) is 14.2. The highest BCUT2D eigenvalue weighted by Gasteiger charge is 2.23. The Kier molecular flexibility index (Phi) is 4.02. The van der Waals surface area contributed by atoms with Crippen molar-refractivity contribution in [1.29, 1.82) is 0 Å². The van der Waals surface area contributed by atoms with Crippen LogP contribution in [0.4, 0.5) is 4.79 Å². The molecule has 0 unspecified atom stereocenters. The first-order valence-electron chi connectivity index (χ1n) is 7.95. The van der Waals surface area contributed by atoms with Gasteiger partial charge in [0.25, 0.3) is 0 Å². The molecule has 0 aliphatic heterocycles. The molecule has 0 aliphatic rings. The second kappa shape index (κ2) is 6.00. The predicted octanol–water partition coefficient (Wildman–Crippen LogP) is 5.49. The molecule has 0 fully saturated rings. The Hall–Kier alpha value is -2.81. The molecule has 1 heterocycles. The van der Waals surface area contributed by atoms with Crippen LogP contribution in [0.5, 0.6) is 0 Å². The van der Waals surface area contributed by atoms with Crippen LogP contribution in [0.15, 0.2) is 67.2 Å². The van der Waals surface area contributed by atoms with E-state index in [4.69, 9.17) is 4.74 Å². The highest BCUT2D eigenvalue weighted by Crippen LogP contribution is 2.29. The van der Waals surface area contributed by atoms with Gasteiger partial charge in [-0.25, -0.2) is 9.36 Å². The van der Waals surface area contributed by atoms with E-state index in [-0.39, 0.29) is 0 Å². The summed E-state index contributed by atoms with van der Waals surface area (Å²) in [7, 11) is 0. The second-order valence-corrected chi connectivity index (χ2v) is 6.75. The van der Waals surface area contributed by atoms with Crippen molar-refractivity contribution in [1.82, 2.24) is 4.57 Å². The highest BCUT2D eigenvalue weighted by molar-refractivity contribution is 5.96. The largest absolute Gasteiger partial charge is 0.443 e. The van der Waals surface area contributed by atoms with Gasteiger partial charge in [0.2, 0.25) is 0 Å². The molecular weight excluding hydrogens is 298 g/mol. The molecule has 0 bridgehead atoms. The van der Waals surface area contributed by atoms with E-state index >= 15 is 0 Å². The summed E-state index contributed by atoms with van der Waals surface area (Å²) in [6, 6.07) is 19.6. The van der Waals surface area contributed by atoms with Gasteiger partial charge < -0.3 is 4.74 Å². The van der Waals surface area contributed by atoms with Crippen molar-refractivity contribution >= 4 is 22.6 Å². The van der Waals surface area contributed by atoms with E-state index in [9.17, 15) is 4.79 Å². The van der Waals surface area contributed by atoms with E-state index in [0.29, 0.717) is 0 Å². The Morgan fingerprint density at radius 3 is 2.29 bits per heavy atom. The molecule has 0 spiro atoms. The number of ether oxygens (including phenoxy) is 1. The van der Waals surface area contributed by atoms with Crippen LogP contribution in [-0.4, -0.2) is 16.3 Å². The van der Waals surface area contributed by atoms with Gasteiger partial charge in [-0.2, -0.15) is 0 Å². The second-order valence-electron chi connectivity index (χ2n) is 6.75. The molecule has 24 heavy (non-hydrogen) atoms. The minimum absolute atomic E-state index is 0.393. The van der Waals surface area contributed by atoms with Crippen LogP contribution in [0.2, 0.25) is 0 Å². The lowest BCUT2D eigenvalue weighted by atomic mass is 10.0. The lowest BCUT2D eigenvalue weighted by molar-refractivity contribution is 0.0543.